The Hall–Kier alpha value is -1.99. The maximum atomic E-state index is 12.0. The second-order valence-corrected chi connectivity index (χ2v) is 6.76. The molecule has 0 aliphatic heterocycles. The van der Waals surface area contributed by atoms with Crippen LogP contribution in [0.5, 0.6) is 0 Å². The van der Waals surface area contributed by atoms with Crippen molar-refractivity contribution in [1.82, 2.24) is 9.88 Å². The summed E-state index contributed by atoms with van der Waals surface area (Å²) in [7, 11) is 0. The minimum absolute atomic E-state index is 0.231. The number of hydrogen-bond acceptors (Lipinski definition) is 6. The molecule has 0 N–H and O–H groups in total. The number of rotatable bonds is 7. The van der Waals surface area contributed by atoms with Crippen molar-refractivity contribution in [2.45, 2.75) is 13.8 Å². The third-order valence-corrected chi connectivity index (χ3v) is 4.85. The van der Waals surface area contributed by atoms with E-state index in [4.69, 9.17) is 4.74 Å². The lowest BCUT2D eigenvalue weighted by Crippen LogP contribution is -2.35. The number of aromatic nitrogens is 1. The largest absolute Gasteiger partial charge is 0.451 e. The molecule has 0 spiro atoms. The van der Waals surface area contributed by atoms with E-state index >= 15 is 0 Å². The van der Waals surface area contributed by atoms with Gasteiger partial charge >= 0.3 is 5.97 Å². The Morgan fingerprint density at radius 3 is 2.78 bits per heavy atom. The molecule has 0 aliphatic carbocycles. The summed E-state index contributed by atoms with van der Waals surface area (Å²) in [5.41, 5.74) is 1.11. The van der Waals surface area contributed by atoms with Gasteiger partial charge in [0.25, 0.3) is 5.91 Å². The van der Waals surface area contributed by atoms with E-state index in [0.717, 1.165) is 15.5 Å². The lowest BCUT2D eigenvalue weighted by atomic mass is 10.3. The summed E-state index contributed by atoms with van der Waals surface area (Å²) in [5.74, 6) is -0.818. The van der Waals surface area contributed by atoms with E-state index in [1.54, 1.807) is 21.6 Å². The van der Waals surface area contributed by atoms with Crippen LogP contribution in [0.25, 0.3) is 9.88 Å². The standard InChI is InChI=1S/C16H18N2O3S2/c1-4-18(8-11(2)3)14(19)9-21-16(20)12-10-23-15(17-12)13-6-5-7-22-13/h5-7,10H,2,4,8-9H2,1,3H3. The van der Waals surface area contributed by atoms with E-state index in [2.05, 4.69) is 11.6 Å². The van der Waals surface area contributed by atoms with Gasteiger partial charge in [0.1, 0.15) is 5.01 Å². The second-order valence-electron chi connectivity index (χ2n) is 4.96. The summed E-state index contributed by atoms with van der Waals surface area (Å²) >= 11 is 2.94. The normalized spacial score (nSPS) is 10.3. The predicted octanol–water partition coefficient (Wildman–Crippen LogP) is 3.45. The first-order valence-corrected chi connectivity index (χ1v) is 8.86. The van der Waals surface area contributed by atoms with Crippen molar-refractivity contribution in [2.24, 2.45) is 0 Å². The van der Waals surface area contributed by atoms with Gasteiger partial charge < -0.3 is 9.64 Å². The molecule has 0 radical (unpaired) electrons. The molecule has 0 saturated carbocycles. The van der Waals surface area contributed by atoms with Crippen molar-refractivity contribution in [3.05, 3.63) is 40.7 Å². The third kappa shape index (κ3) is 4.74. The lowest BCUT2D eigenvalue weighted by Gasteiger charge is -2.20. The number of likely N-dealkylation sites (N-methyl/N-ethyl adjacent to an activating group) is 1. The van der Waals surface area contributed by atoms with Crippen LogP contribution in [0, 0.1) is 0 Å². The van der Waals surface area contributed by atoms with E-state index < -0.39 is 5.97 Å². The third-order valence-electron chi connectivity index (χ3n) is 2.97. The minimum Gasteiger partial charge on any atom is -0.451 e. The van der Waals surface area contributed by atoms with E-state index in [-0.39, 0.29) is 18.2 Å². The fourth-order valence-corrected chi connectivity index (χ4v) is 3.48. The molecule has 0 atom stereocenters. The topological polar surface area (TPSA) is 59.5 Å². The fourth-order valence-electron chi connectivity index (χ4n) is 1.88. The Morgan fingerprint density at radius 1 is 1.39 bits per heavy atom. The number of thiophene rings is 1. The highest BCUT2D eigenvalue weighted by Gasteiger charge is 2.17. The van der Waals surface area contributed by atoms with E-state index in [9.17, 15) is 9.59 Å². The summed E-state index contributed by atoms with van der Waals surface area (Å²) < 4.78 is 5.07. The first-order valence-electron chi connectivity index (χ1n) is 7.10. The van der Waals surface area contributed by atoms with Crippen LogP contribution in [0.1, 0.15) is 24.3 Å². The van der Waals surface area contributed by atoms with Crippen LogP contribution in [-0.4, -0.2) is 41.5 Å². The van der Waals surface area contributed by atoms with Gasteiger partial charge in [-0.3, -0.25) is 4.79 Å². The molecule has 2 rings (SSSR count). The quantitative estimate of drug-likeness (QED) is 0.567. The molecule has 0 bridgehead atoms. The molecular formula is C16H18N2O3S2. The molecule has 122 valence electrons. The van der Waals surface area contributed by atoms with Gasteiger partial charge in [0, 0.05) is 18.5 Å². The molecule has 0 aromatic carbocycles. The minimum atomic E-state index is -0.580. The van der Waals surface area contributed by atoms with Crippen molar-refractivity contribution < 1.29 is 14.3 Å². The summed E-state index contributed by atoms with van der Waals surface area (Å²) in [6, 6.07) is 3.87. The van der Waals surface area contributed by atoms with Gasteiger partial charge in [0.05, 0.1) is 4.88 Å². The molecule has 0 saturated heterocycles. The zero-order chi connectivity index (χ0) is 16.8. The molecule has 0 unspecified atom stereocenters. The monoisotopic (exact) mass is 350 g/mol. The molecule has 2 aromatic heterocycles. The number of hydrogen-bond donors (Lipinski definition) is 0. The smallest absolute Gasteiger partial charge is 0.358 e. The molecule has 7 heteroatoms. The zero-order valence-corrected chi connectivity index (χ0v) is 14.7. The molecular weight excluding hydrogens is 332 g/mol. The van der Waals surface area contributed by atoms with Crippen molar-refractivity contribution in [1.29, 1.82) is 0 Å². The fraction of sp³-hybridized carbons (Fsp3) is 0.312. The summed E-state index contributed by atoms with van der Waals surface area (Å²) in [4.78, 5) is 30.9. The molecule has 0 aliphatic rings. The number of thiazole rings is 1. The number of amides is 1. The highest BCUT2D eigenvalue weighted by atomic mass is 32.1. The molecule has 1 amide bonds. The Bertz CT molecular complexity index is 692. The van der Waals surface area contributed by atoms with Crippen LogP contribution >= 0.6 is 22.7 Å². The van der Waals surface area contributed by atoms with Gasteiger partial charge in [-0.05, 0) is 25.3 Å². The van der Waals surface area contributed by atoms with Crippen LogP contribution in [-0.2, 0) is 9.53 Å². The Kier molecular flexibility index (Phi) is 6.06. The van der Waals surface area contributed by atoms with Crippen LogP contribution in [0.3, 0.4) is 0 Å². The SMILES string of the molecule is C=C(C)CN(CC)C(=O)COC(=O)c1csc(-c2cccs2)n1. The van der Waals surface area contributed by atoms with Crippen molar-refractivity contribution in [3.63, 3.8) is 0 Å². The van der Waals surface area contributed by atoms with Gasteiger partial charge in [-0.25, -0.2) is 9.78 Å². The number of carbonyl (C=O) groups is 2. The van der Waals surface area contributed by atoms with Crippen molar-refractivity contribution in [2.75, 3.05) is 19.7 Å². The lowest BCUT2D eigenvalue weighted by molar-refractivity contribution is -0.133. The zero-order valence-electron chi connectivity index (χ0n) is 13.1. The number of nitrogens with zero attached hydrogens (tertiary/aromatic N) is 2. The van der Waals surface area contributed by atoms with Crippen molar-refractivity contribution in [3.8, 4) is 9.88 Å². The summed E-state index contributed by atoms with van der Waals surface area (Å²) in [5, 5.41) is 4.37. The molecule has 5 nitrogen and oxygen atoms in total. The first kappa shape index (κ1) is 17.4. The van der Waals surface area contributed by atoms with E-state index in [0.29, 0.717) is 13.1 Å². The van der Waals surface area contributed by atoms with E-state index in [1.807, 2.05) is 31.4 Å². The van der Waals surface area contributed by atoms with Gasteiger partial charge in [0.2, 0.25) is 0 Å². The Labute approximate surface area is 143 Å². The average molecular weight is 350 g/mol. The van der Waals surface area contributed by atoms with Crippen LogP contribution in [0.2, 0.25) is 0 Å². The second kappa shape index (κ2) is 8.03. The first-order chi connectivity index (χ1) is 11.0. The Morgan fingerprint density at radius 2 is 2.17 bits per heavy atom. The summed E-state index contributed by atoms with van der Waals surface area (Å²) in [6.45, 7) is 8.23. The van der Waals surface area contributed by atoms with Gasteiger partial charge in [0.15, 0.2) is 12.3 Å². The Balaban J connectivity index is 1.92. The van der Waals surface area contributed by atoms with Gasteiger partial charge in [-0.15, -0.1) is 22.7 Å². The highest BCUT2D eigenvalue weighted by Crippen LogP contribution is 2.27. The molecule has 23 heavy (non-hydrogen) atoms. The van der Waals surface area contributed by atoms with Gasteiger partial charge in [-0.2, -0.15) is 0 Å². The number of esters is 1. The van der Waals surface area contributed by atoms with Crippen molar-refractivity contribution >= 4 is 34.6 Å². The highest BCUT2D eigenvalue weighted by molar-refractivity contribution is 7.20. The van der Waals surface area contributed by atoms with Crippen LogP contribution in [0.4, 0.5) is 0 Å². The number of carbonyl (C=O) groups excluding carboxylic acids is 2. The maximum Gasteiger partial charge on any atom is 0.358 e. The van der Waals surface area contributed by atoms with Crippen LogP contribution < -0.4 is 0 Å². The predicted molar refractivity (Wildman–Crippen MR) is 92.8 cm³/mol. The summed E-state index contributed by atoms with van der Waals surface area (Å²) in [6.07, 6.45) is 0. The number of ether oxygens (including phenoxy) is 1. The molecule has 2 heterocycles. The van der Waals surface area contributed by atoms with Crippen LogP contribution in [0.15, 0.2) is 35.0 Å². The van der Waals surface area contributed by atoms with E-state index in [1.165, 1.54) is 11.3 Å². The maximum absolute atomic E-state index is 12.0. The van der Waals surface area contributed by atoms with Gasteiger partial charge in [-0.1, -0.05) is 18.2 Å². The molecule has 2 aromatic rings. The average Bonchev–Trinajstić information content (AvgIpc) is 3.19. The molecule has 0 fully saturated rings.